The van der Waals surface area contributed by atoms with Crippen molar-refractivity contribution in [3.63, 3.8) is 0 Å². The summed E-state index contributed by atoms with van der Waals surface area (Å²) in [7, 11) is 0. The zero-order valence-electron chi connectivity index (χ0n) is 11.3. The molecule has 1 rings (SSSR count). The van der Waals surface area contributed by atoms with Crippen LogP contribution < -0.4 is 5.32 Å². The van der Waals surface area contributed by atoms with E-state index < -0.39 is 0 Å². The number of carbonyl (C=O) groups is 1. The van der Waals surface area contributed by atoms with E-state index in [4.69, 9.17) is 0 Å². The smallest absolute Gasteiger partial charge is 0.141 e. The van der Waals surface area contributed by atoms with Crippen molar-refractivity contribution in [2.45, 2.75) is 52.6 Å². The highest BCUT2D eigenvalue weighted by molar-refractivity contribution is 5.80. The molecule has 0 atom stereocenters. The third-order valence-electron chi connectivity index (χ3n) is 2.56. The van der Waals surface area contributed by atoms with Crippen LogP contribution in [0.25, 0.3) is 0 Å². The van der Waals surface area contributed by atoms with Crippen LogP contribution in [-0.2, 0) is 17.8 Å². The Morgan fingerprint density at radius 2 is 2.18 bits per heavy atom. The minimum atomic E-state index is 0.0716. The van der Waals surface area contributed by atoms with Gasteiger partial charge in [0.1, 0.15) is 11.6 Å². The van der Waals surface area contributed by atoms with Gasteiger partial charge in [0.05, 0.1) is 6.42 Å². The van der Waals surface area contributed by atoms with Gasteiger partial charge in [0, 0.05) is 37.4 Å². The Kier molecular flexibility index (Phi) is 4.87. The molecule has 0 aliphatic heterocycles. The van der Waals surface area contributed by atoms with Gasteiger partial charge in [0.15, 0.2) is 0 Å². The number of Topliss-reactive ketones (excluding diaryl/α,β-unsaturated/α-hetero) is 1. The second-order valence-corrected chi connectivity index (χ2v) is 5.27. The topological polar surface area (TPSA) is 46.9 Å². The minimum absolute atomic E-state index is 0.0716. The van der Waals surface area contributed by atoms with Gasteiger partial charge in [-0.1, -0.05) is 0 Å². The molecule has 17 heavy (non-hydrogen) atoms. The molecule has 1 N–H and O–H groups in total. The molecule has 4 nitrogen and oxygen atoms in total. The van der Waals surface area contributed by atoms with Crippen LogP contribution in [0.2, 0.25) is 0 Å². The van der Waals surface area contributed by atoms with E-state index in [0.717, 1.165) is 18.9 Å². The van der Waals surface area contributed by atoms with Gasteiger partial charge in [-0.05, 0) is 27.7 Å². The van der Waals surface area contributed by atoms with E-state index in [2.05, 4.69) is 38.0 Å². The Morgan fingerprint density at radius 3 is 2.76 bits per heavy atom. The van der Waals surface area contributed by atoms with E-state index in [9.17, 15) is 4.79 Å². The van der Waals surface area contributed by atoms with Crippen molar-refractivity contribution in [3.05, 3.63) is 18.2 Å². The minimum Gasteiger partial charge on any atom is -0.335 e. The van der Waals surface area contributed by atoms with Crippen LogP contribution in [0.5, 0.6) is 0 Å². The second kappa shape index (κ2) is 5.96. The van der Waals surface area contributed by atoms with Crippen molar-refractivity contribution in [3.8, 4) is 0 Å². The lowest BCUT2D eigenvalue weighted by atomic mass is 10.1. The van der Waals surface area contributed by atoms with E-state index in [1.54, 1.807) is 6.20 Å². The highest BCUT2D eigenvalue weighted by Crippen LogP contribution is 2.02. The van der Waals surface area contributed by atoms with Gasteiger partial charge in [-0.2, -0.15) is 0 Å². The number of imidazole rings is 1. The molecule has 1 heterocycles. The summed E-state index contributed by atoms with van der Waals surface area (Å²) in [6.45, 7) is 9.94. The average Bonchev–Trinajstić information content (AvgIpc) is 2.63. The van der Waals surface area contributed by atoms with E-state index in [0.29, 0.717) is 12.8 Å². The quantitative estimate of drug-likeness (QED) is 0.820. The lowest BCUT2D eigenvalue weighted by Crippen LogP contribution is -2.37. The summed E-state index contributed by atoms with van der Waals surface area (Å²) < 4.78 is 2.01. The number of aromatic nitrogens is 2. The molecule has 0 amide bonds. The van der Waals surface area contributed by atoms with Gasteiger partial charge in [-0.3, -0.25) is 4.79 Å². The lowest BCUT2D eigenvalue weighted by molar-refractivity contribution is -0.118. The third kappa shape index (κ3) is 5.13. The number of aryl methyl sites for hydroxylation is 1. The molecule has 0 aliphatic carbocycles. The molecule has 0 unspecified atom stereocenters. The van der Waals surface area contributed by atoms with Crippen molar-refractivity contribution >= 4 is 5.78 Å². The Hall–Kier alpha value is -1.16. The number of carbonyl (C=O) groups excluding carboxylic acids is 1. The molecule has 1 aromatic rings. The fraction of sp³-hybridized carbons (Fsp3) is 0.692. The van der Waals surface area contributed by atoms with Crippen LogP contribution in [0.3, 0.4) is 0 Å². The summed E-state index contributed by atoms with van der Waals surface area (Å²) >= 11 is 0. The van der Waals surface area contributed by atoms with Gasteiger partial charge in [0.2, 0.25) is 0 Å². The number of rotatable bonds is 6. The zero-order valence-corrected chi connectivity index (χ0v) is 11.3. The van der Waals surface area contributed by atoms with Crippen LogP contribution in [0.15, 0.2) is 12.4 Å². The Bertz CT molecular complexity index is 363. The largest absolute Gasteiger partial charge is 0.335 e. The standard InChI is InChI=1S/C13H23N3O/c1-5-16-9-8-14-12(16)10-11(17)6-7-15-13(2,3)4/h8-9,15H,5-7,10H2,1-4H3. The fourth-order valence-electron chi connectivity index (χ4n) is 1.64. The Labute approximate surface area is 103 Å². The van der Waals surface area contributed by atoms with E-state index in [1.807, 2.05) is 10.8 Å². The zero-order chi connectivity index (χ0) is 12.9. The van der Waals surface area contributed by atoms with Crippen molar-refractivity contribution in [2.75, 3.05) is 6.54 Å². The summed E-state index contributed by atoms with van der Waals surface area (Å²) in [5.74, 6) is 1.11. The Balaban J connectivity index is 2.35. The normalized spacial score (nSPS) is 11.8. The molecule has 0 spiro atoms. The molecule has 1 aromatic heterocycles. The predicted molar refractivity (Wildman–Crippen MR) is 69.0 cm³/mol. The van der Waals surface area contributed by atoms with Crippen LogP contribution in [0, 0.1) is 0 Å². The van der Waals surface area contributed by atoms with Crippen molar-refractivity contribution in [1.82, 2.24) is 14.9 Å². The molecular formula is C13H23N3O. The second-order valence-electron chi connectivity index (χ2n) is 5.27. The van der Waals surface area contributed by atoms with Crippen LogP contribution >= 0.6 is 0 Å². The maximum atomic E-state index is 11.8. The highest BCUT2D eigenvalue weighted by Gasteiger charge is 2.11. The van der Waals surface area contributed by atoms with Crippen LogP contribution in [0.4, 0.5) is 0 Å². The molecule has 0 fully saturated rings. The molecule has 0 bridgehead atoms. The maximum absolute atomic E-state index is 11.8. The summed E-state index contributed by atoms with van der Waals surface area (Å²) in [6, 6.07) is 0. The summed E-state index contributed by atoms with van der Waals surface area (Å²) in [5.41, 5.74) is 0.0716. The number of nitrogens with zero attached hydrogens (tertiary/aromatic N) is 2. The van der Waals surface area contributed by atoms with Crippen LogP contribution in [-0.4, -0.2) is 27.4 Å². The first-order valence-electron chi connectivity index (χ1n) is 6.19. The number of hydrogen-bond donors (Lipinski definition) is 1. The predicted octanol–water partition coefficient (Wildman–Crippen LogP) is 1.79. The number of hydrogen-bond acceptors (Lipinski definition) is 3. The molecule has 0 saturated carbocycles. The van der Waals surface area contributed by atoms with Crippen LogP contribution in [0.1, 0.15) is 39.9 Å². The number of ketones is 1. The fourth-order valence-corrected chi connectivity index (χ4v) is 1.64. The van der Waals surface area contributed by atoms with Crippen molar-refractivity contribution in [2.24, 2.45) is 0 Å². The molecule has 96 valence electrons. The molecule has 0 radical (unpaired) electrons. The summed E-state index contributed by atoms with van der Waals surface area (Å²) in [5, 5.41) is 3.31. The average molecular weight is 237 g/mol. The molecular weight excluding hydrogens is 214 g/mol. The van der Waals surface area contributed by atoms with Gasteiger partial charge < -0.3 is 9.88 Å². The first-order chi connectivity index (χ1) is 7.92. The highest BCUT2D eigenvalue weighted by atomic mass is 16.1. The Morgan fingerprint density at radius 1 is 1.47 bits per heavy atom. The monoisotopic (exact) mass is 237 g/mol. The summed E-state index contributed by atoms with van der Waals surface area (Å²) in [6.07, 6.45) is 4.66. The summed E-state index contributed by atoms with van der Waals surface area (Å²) in [4.78, 5) is 16.0. The first-order valence-corrected chi connectivity index (χ1v) is 6.19. The van der Waals surface area contributed by atoms with Gasteiger partial charge in [0.25, 0.3) is 0 Å². The van der Waals surface area contributed by atoms with E-state index >= 15 is 0 Å². The maximum Gasteiger partial charge on any atom is 0.141 e. The molecule has 0 aliphatic rings. The SMILES string of the molecule is CCn1ccnc1CC(=O)CCNC(C)(C)C. The van der Waals surface area contributed by atoms with E-state index in [-0.39, 0.29) is 11.3 Å². The molecule has 0 aromatic carbocycles. The molecule has 0 saturated heterocycles. The van der Waals surface area contributed by atoms with Crippen molar-refractivity contribution < 1.29 is 4.79 Å². The van der Waals surface area contributed by atoms with Gasteiger partial charge in [-0.25, -0.2) is 4.98 Å². The molecule has 4 heteroatoms. The lowest BCUT2D eigenvalue weighted by Gasteiger charge is -2.20. The third-order valence-corrected chi connectivity index (χ3v) is 2.56. The van der Waals surface area contributed by atoms with E-state index in [1.165, 1.54) is 0 Å². The van der Waals surface area contributed by atoms with Crippen molar-refractivity contribution in [1.29, 1.82) is 0 Å². The van der Waals surface area contributed by atoms with Gasteiger partial charge >= 0.3 is 0 Å². The number of nitrogens with one attached hydrogen (secondary N) is 1. The van der Waals surface area contributed by atoms with Gasteiger partial charge in [-0.15, -0.1) is 0 Å². The first kappa shape index (κ1) is 13.9.